The SMILES string of the molecule is C[C@@H]1Cc2c(nn(C)c2C(=O)N2CCC(Cn3cncn3)CC2)[C@H](C)O1. The van der Waals surface area contributed by atoms with E-state index in [0.29, 0.717) is 5.92 Å². The molecule has 0 unspecified atom stereocenters. The largest absolute Gasteiger partial charge is 0.369 e. The van der Waals surface area contributed by atoms with Crippen LogP contribution in [0.2, 0.25) is 0 Å². The first-order valence-electron chi connectivity index (χ1n) is 9.35. The fraction of sp³-hybridized carbons (Fsp3) is 0.667. The number of aromatic nitrogens is 5. The highest BCUT2D eigenvalue weighted by molar-refractivity contribution is 5.94. The van der Waals surface area contributed by atoms with E-state index < -0.39 is 0 Å². The third-order valence-electron chi connectivity index (χ3n) is 5.51. The predicted molar refractivity (Wildman–Crippen MR) is 94.5 cm³/mol. The van der Waals surface area contributed by atoms with Crippen molar-refractivity contribution in [2.45, 2.75) is 51.9 Å². The van der Waals surface area contributed by atoms with Gasteiger partial charge < -0.3 is 9.64 Å². The molecular weight excluding hydrogens is 332 g/mol. The summed E-state index contributed by atoms with van der Waals surface area (Å²) in [5, 5.41) is 8.75. The quantitative estimate of drug-likeness (QED) is 0.832. The van der Waals surface area contributed by atoms with E-state index in [1.54, 1.807) is 17.3 Å². The van der Waals surface area contributed by atoms with Gasteiger partial charge in [-0.2, -0.15) is 10.2 Å². The molecule has 2 aromatic rings. The van der Waals surface area contributed by atoms with Gasteiger partial charge >= 0.3 is 0 Å². The lowest BCUT2D eigenvalue weighted by molar-refractivity contribution is -0.00715. The molecule has 2 atom stereocenters. The van der Waals surface area contributed by atoms with Crippen molar-refractivity contribution in [2.24, 2.45) is 13.0 Å². The maximum Gasteiger partial charge on any atom is 0.272 e. The Morgan fingerprint density at radius 2 is 2.08 bits per heavy atom. The van der Waals surface area contributed by atoms with Gasteiger partial charge in [0, 0.05) is 38.7 Å². The number of carbonyl (C=O) groups is 1. The van der Waals surface area contributed by atoms with Crippen LogP contribution in [-0.4, -0.2) is 54.5 Å². The Kier molecular flexibility index (Phi) is 4.52. The highest BCUT2D eigenvalue weighted by Crippen LogP contribution is 2.32. The Morgan fingerprint density at radius 3 is 2.77 bits per heavy atom. The molecule has 8 nitrogen and oxygen atoms in total. The van der Waals surface area contributed by atoms with E-state index >= 15 is 0 Å². The van der Waals surface area contributed by atoms with E-state index in [0.717, 1.165) is 55.8 Å². The van der Waals surface area contributed by atoms with Gasteiger partial charge in [0.2, 0.25) is 0 Å². The number of hydrogen-bond acceptors (Lipinski definition) is 5. The van der Waals surface area contributed by atoms with Crippen LogP contribution in [0.25, 0.3) is 0 Å². The summed E-state index contributed by atoms with van der Waals surface area (Å²) in [6.45, 7) is 6.48. The van der Waals surface area contributed by atoms with Gasteiger partial charge in [-0.3, -0.25) is 14.2 Å². The predicted octanol–water partition coefficient (Wildman–Crippen LogP) is 1.59. The van der Waals surface area contributed by atoms with Crippen LogP contribution in [0.4, 0.5) is 0 Å². The summed E-state index contributed by atoms with van der Waals surface area (Å²) in [4.78, 5) is 19.2. The summed E-state index contributed by atoms with van der Waals surface area (Å²) in [6, 6.07) is 0. The minimum absolute atomic E-state index is 0.0603. The molecule has 0 bridgehead atoms. The van der Waals surface area contributed by atoms with Crippen molar-refractivity contribution in [3.63, 3.8) is 0 Å². The second-order valence-corrected chi connectivity index (χ2v) is 7.48. The van der Waals surface area contributed by atoms with Crippen LogP contribution >= 0.6 is 0 Å². The van der Waals surface area contributed by atoms with Crippen molar-refractivity contribution in [1.82, 2.24) is 29.4 Å². The van der Waals surface area contributed by atoms with Crippen molar-refractivity contribution < 1.29 is 9.53 Å². The fourth-order valence-electron chi connectivity index (χ4n) is 4.19. The maximum atomic E-state index is 13.2. The number of ether oxygens (including phenoxy) is 1. The van der Waals surface area contributed by atoms with Gasteiger partial charge in [-0.15, -0.1) is 0 Å². The molecule has 8 heteroatoms. The summed E-state index contributed by atoms with van der Waals surface area (Å²) in [7, 11) is 1.86. The highest BCUT2D eigenvalue weighted by Gasteiger charge is 2.34. The summed E-state index contributed by atoms with van der Waals surface area (Å²) in [5.41, 5.74) is 2.71. The molecule has 1 amide bonds. The standard InChI is InChI=1S/C18H26N6O2/c1-12-8-15-16(13(2)26-12)21-22(3)17(15)18(25)23-6-4-14(5-7-23)9-24-11-19-10-20-24/h10-14H,4-9H2,1-3H3/t12-,13+/m1/s1. The van der Waals surface area contributed by atoms with Gasteiger partial charge in [-0.1, -0.05) is 0 Å². The van der Waals surface area contributed by atoms with Gasteiger partial charge in [-0.25, -0.2) is 4.98 Å². The molecule has 2 aliphatic rings. The Balaban J connectivity index is 1.46. The van der Waals surface area contributed by atoms with Crippen LogP contribution in [0.1, 0.15) is 54.5 Å². The molecule has 26 heavy (non-hydrogen) atoms. The normalized spacial score (nSPS) is 23.9. The number of likely N-dealkylation sites (tertiary alicyclic amines) is 1. The average molecular weight is 358 g/mol. The molecule has 140 valence electrons. The zero-order valence-corrected chi connectivity index (χ0v) is 15.6. The number of hydrogen-bond donors (Lipinski definition) is 0. The first kappa shape index (κ1) is 17.2. The molecule has 0 N–H and O–H groups in total. The van der Waals surface area contributed by atoms with E-state index in [-0.39, 0.29) is 18.1 Å². The van der Waals surface area contributed by atoms with Crippen LogP contribution in [-0.2, 0) is 24.8 Å². The topological polar surface area (TPSA) is 78.1 Å². The zero-order chi connectivity index (χ0) is 18.3. The summed E-state index contributed by atoms with van der Waals surface area (Å²) in [6.07, 6.45) is 6.09. The molecule has 0 radical (unpaired) electrons. The summed E-state index contributed by atoms with van der Waals surface area (Å²) in [5.74, 6) is 0.636. The van der Waals surface area contributed by atoms with Gasteiger partial charge in [0.25, 0.3) is 5.91 Å². The molecule has 2 aromatic heterocycles. The van der Waals surface area contributed by atoms with E-state index in [1.165, 1.54) is 0 Å². The van der Waals surface area contributed by atoms with Crippen LogP contribution in [0.3, 0.4) is 0 Å². The van der Waals surface area contributed by atoms with Crippen LogP contribution in [0.15, 0.2) is 12.7 Å². The maximum absolute atomic E-state index is 13.2. The lowest BCUT2D eigenvalue weighted by Crippen LogP contribution is -2.40. The van der Waals surface area contributed by atoms with Gasteiger partial charge in [0.05, 0.1) is 17.9 Å². The van der Waals surface area contributed by atoms with Crippen LogP contribution in [0.5, 0.6) is 0 Å². The third kappa shape index (κ3) is 3.13. The van der Waals surface area contributed by atoms with Crippen LogP contribution < -0.4 is 0 Å². The minimum atomic E-state index is -0.0603. The number of rotatable bonds is 3. The first-order chi connectivity index (χ1) is 12.5. The molecule has 4 heterocycles. The summed E-state index contributed by atoms with van der Waals surface area (Å²) >= 11 is 0. The number of piperidine rings is 1. The van der Waals surface area contributed by atoms with E-state index in [9.17, 15) is 4.79 Å². The molecule has 2 aliphatic heterocycles. The Morgan fingerprint density at radius 1 is 1.31 bits per heavy atom. The number of amides is 1. The average Bonchev–Trinajstić information content (AvgIpc) is 3.22. The number of aryl methyl sites for hydroxylation is 1. The van der Waals surface area contributed by atoms with Crippen molar-refractivity contribution in [3.8, 4) is 0 Å². The van der Waals surface area contributed by atoms with E-state index in [4.69, 9.17) is 4.74 Å². The lowest BCUT2D eigenvalue weighted by atomic mass is 9.95. The molecule has 0 aromatic carbocycles. The molecule has 0 spiro atoms. The number of carbonyl (C=O) groups excluding carboxylic acids is 1. The van der Waals surface area contributed by atoms with E-state index in [1.807, 2.05) is 23.6 Å². The Labute approximate surface area is 153 Å². The van der Waals surface area contributed by atoms with Crippen LogP contribution in [0, 0.1) is 5.92 Å². The van der Waals surface area contributed by atoms with Crippen molar-refractivity contribution in [3.05, 3.63) is 29.6 Å². The summed E-state index contributed by atoms with van der Waals surface area (Å²) < 4.78 is 9.48. The molecule has 0 aliphatic carbocycles. The van der Waals surface area contributed by atoms with Crippen molar-refractivity contribution >= 4 is 5.91 Å². The third-order valence-corrected chi connectivity index (χ3v) is 5.51. The Bertz CT molecular complexity index is 776. The van der Waals surface area contributed by atoms with Crippen molar-refractivity contribution in [2.75, 3.05) is 13.1 Å². The number of fused-ring (bicyclic) bond motifs is 1. The smallest absolute Gasteiger partial charge is 0.272 e. The molecule has 1 saturated heterocycles. The fourth-order valence-corrected chi connectivity index (χ4v) is 4.19. The monoisotopic (exact) mass is 358 g/mol. The lowest BCUT2D eigenvalue weighted by Gasteiger charge is -2.32. The molecule has 0 saturated carbocycles. The minimum Gasteiger partial charge on any atom is -0.369 e. The number of nitrogens with zero attached hydrogens (tertiary/aromatic N) is 6. The van der Waals surface area contributed by atoms with Gasteiger partial charge in [0.1, 0.15) is 18.3 Å². The highest BCUT2D eigenvalue weighted by atomic mass is 16.5. The molecular formula is C18H26N6O2. The van der Waals surface area contributed by atoms with E-state index in [2.05, 4.69) is 22.1 Å². The second kappa shape index (κ2) is 6.83. The zero-order valence-electron chi connectivity index (χ0n) is 15.6. The molecule has 1 fully saturated rings. The second-order valence-electron chi connectivity index (χ2n) is 7.48. The Hall–Kier alpha value is -2.22. The molecule has 4 rings (SSSR count). The van der Waals surface area contributed by atoms with Gasteiger partial charge in [0.15, 0.2) is 0 Å². The van der Waals surface area contributed by atoms with Crippen molar-refractivity contribution in [1.29, 1.82) is 0 Å². The van der Waals surface area contributed by atoms with Gasteiger partial charge in [-0.05, 0) is 32.6 Å². The first-order valence-corrected chi connectivity index (χ1v) is 9.35.